The first-order valence-electron chi connectivity index (χ1n) is 11.9. The molecule has 0 aliphatic carbocycles. The van der Waals surface area contributed by atoms with Crippen LogP contribution in [0.25, 0.3) is 0 Å². The number of nitro benzene ring substituents is 1. The van der Waals surface area contributed by atoms with Crippen LogP contribution in [-0.4, -0.2) is 22.5 Å². The zero-order valence-corrected chi connectivity index (χ0v) is 19.8. The summed E-state index contributed by atoms with van der Waals surface area (Å²) in [5, 5.41) is 11.6. The van der Waals surface area contributed by atoms with Crippen LogP contribution in [0, 0.1) is 10.1 Å². The van der Waals surface area contributed by atoms with Gasteiger partial charge in [0.2, 0.25) is 6.79 Å². The van der Waals surface area contributed by atoms with Crippen molar-refractivity contribution in [2.45, 2.75) is 19.3 Å². The number of benzene rings is 4. The summed E-state index contributed by atoms with van der Waals surface area (Å²) in [7, 11) is 0. The van der Waals surface area contributed by atoms with Crippen LogP contribution in [0.2, 0.25) is 0 Å². The number of hydrogen-bond donors (Lipinski definition) is 0. The minimum atomic E-state index is -0.489. The van der Waals surface area contributed by atoms with E-state index >= 15 is 0 Å². The highest BCUT2D eigenvalue weighted by molar-refractivity contribution is 6.02. The molecular formula is C29H23N3O5. The van der Waals surface area contributed by atoms with Crippen molar-refractivity contribution in [1.29, 1.82) is 0 Å². The summed E-state index contributed by atoms with van der Waals surface area (Å²) in [6.07, 6.45) is -0.489. The lowest BCUT2D eigenvalue weighted by molar-refractivity contribution is -0.384. The predicted octanol–water partition coefficient (Wildman–Crippen LogP) is 5.68. The smallest absolute Gasteiger partial charge is 0.270 e. The molecule has 2 heterocycles. The molecule has 1 amide bonds. The summed E-state index contributed by atoms with van der Waals surface area (Å²) in [5.74, 6) is 1.01. The fourth-order valence-corrected chi connectivity index (χ4v) is 4.95. The van der Waals surface area contributed by atoms with Crippen LogP contribution in [0.1, 0.15) is 33.2 Å². The first-order chi connectivity index (χ1) is 18.1. The summed E-state index contributed by atoms with van der Waals surface area (Å²) < 4.78 is 11.2. The highest BCUT2D eigenvalue weighted by Gasteiger charge is 2.40. The van der Waals surface area contributed by atoms with E-state index < -0.39 is 11.1 Å². The van der Waals surface area contributed by atoms with Gasteiger partial charge in [-0.3, -0.25) is 14.9 Å². The third-order valence-electron chi connectivity index (χ3n) is 6.67. The number of non-ortho nitro benzene ring substituents is 1. The molecule has 0 saturated carbocycles. The number of nitro groups is 1. The van der Waals surface area contributed by atoms with E-state index in [1.54, 1.807) is 11.0 Å². The van der Waals surface area contributed by atoms with Gasteiger partial charge in [-0.1, -0.05) is 66.7 Å². The molecule has 8 heteroatoms. The van der Waals surface area contributed by atoms with Gasteiger partial charge in [0, 0.05) is 25.2 Å². The maximum Gasteiger partial charge on any atom is 0.270 e. The fourth-order valence-electron chi connectivity index (χ4n) is 4.95. The number of carbonyl (C=O) groups excluding carboxylic acids is 1. The summed E-state index contributed by atoms with van der Waals surface area (Å²) >= 11 is 0. The second-order valence-corrected chi connectivity index (χ2v) is 8.98. The van der Waals surface area contributed by atoms with Crippen LogP contribution >= 0.6 is 0 Å². The number of nitrogens with zero attached hydrogens (tertiary/aromatic N) is 3. The number of fused-ring (bicyclic) bond motifs is 2. The number of ether oxygens (including phenoxy) is 2. The molecule has 184 valence electrons. The van der Waals surface area contributed by atoms with E-state index in [9.17, 15) is 14.9 Å². The molecule has 0 radical (unpaired) electrons. The molecule has 0 N–H and O–H groups in total. The molecule has 37 heavy (non-hydrogen) atoms. The monoisotopic (exact) mass is 493 g/mol. The lowest BCUT2D eigenvalue weighted by atomic mass is 9.98. The summed E-state index contributed by atoms with van der Waals surface area (Å²) in [6.45, 7) is 0.964. The first kappa shape index (κ1) is 22.6. The highest BCUT2D eigenvalue weighted by Crippen LogP contribution is 2.44. The Morgan fingerprint density at radius 1 is 0.784 bits per heavy atom. The average molecular weight is 494 g/mol. The van der Waals surface area contributed by atoms with Crippen LogP contribution < -0.4 is 14.4 Å². The zero-order valence-electron chi connectivity index (χ0n) is 19.8. The van der Waals surface area contributed by atoms with Crippen LogP contribution in [0.4, 0.5) is 11.4 Å². The molecule has 8 nitrogen and oxygen atoms in total. The zero-order chi connectivity index (χ0) is 25.4. The number of amides is 1. The van der Waals surface area contributed by atoms with E-state index in [1.165, 1.54) is 12.1 Å². The molecular weight excluding hydrogens is 470 g/mol. The minimum Gasteiger partial charge on any atom is -0.454 e. The normalized spacial score (nSPS) is 16.0. The molecule has 2 aliphatic heterocycles. The van der Waals surface area contributed by atoms with Gasteiger partial charge in [0.15, 0.2) is 11.5 Å². The largest absolute Gasteiger partial charge is 0.454 e. The Labute approximate surface area is 213 Å². The van der Waals surface area contributed by atoms with E-state index in [0.29, 0.717) is 35.8 Å². The first-order valence-corrected chi connectivity index (χ1v) is 11.9. The van der Waals surface area contributed by atoms with E-state index in [4.69, 9.17) is 9.47 Å². The Bertz CT molecular complexity index is 1480. The molecule has 0 fully saturated rings. The molecule has 4 aromatic rings. The van der Waals surface area contributed by atoms with E-state index in [2.05, 4.69) is 4.90 Å². The van der Waals surface area contributed by atoms with Crippen molar-refractivity contribution in [3.63, 3.8) is 0 Å². The van der Waals surface area contributed by atoms with E-state index in [0.717, 1.165) is 16.7 Å². The fraction of sp³-hybridized carbons (Fsp3) is 0.138. The number of anilines is 1. The second kappa shape index (κ2) is 9.31. The quantitative estimate of drug-likeness (QED) is 0.254. The van der Waals surface area contributed by atoms with Gasteiger partial charge >= 0.3 is 0 Å². The maximum atomic E-state index is 14.0. The van der Waals surface area contributed by atoms with Crippen molar-refractivity contribution >= 4 is 17.3 Å². The number of rotatable bonds is 6. The molecule has 0 spiro atoms. The van der Waals surface area contributed by atoms with Gasteiger partial charge in [0.05, 0.1) is 16.2 Å². The summed E-state index contributed by atoms with van der Waals surface area (Å²) in [5.41, 5.74) is 3.69. The van der Waals surface area contributed by atoms with Crippen molar-refractivity contribution in [3.8, 4) is 11.5 Å². The Kier molecular flexibility index (Phi) is 5.69. The minimum absolute atomic E-state index is 0.118. The van der Waals surface area contributed by atoms with Crippen LogP contribution in [0.15, 0.2) is 97.1 Å². The van der Waals surface area contributed by atoms with E-state index in [1.807, 2.05) is 78.9 Å². The van der Waals surface area contributed by atoms with Crippen LogP contribution in [0.3, 0.4) is 0 Å². The molecule has 1 atom stereocenters. The lowest BCUT2D eigenvalue weighted by Crippen LogP contribution is -2.48. The van der Waals surface area contributed by atoms with Gasteiger partial charge in [-0.15, -0.1) is 0 Å². The van der Waals surface area contributed by atoms with Gasteiger partial charge in [0.25, 0.3) is 11.6 Å². The molecule has 0 bridgehead atoms. The molecule has 6 rings (SSSR count). The van der Waals surface area contributed by atoms with Gasteiger partial charge in [-0.25, -0.2) is 0 Å². The van der Waals surface area contributed by atoms with Crippen molar-refractivity contribution < 1.29 is 19.2 Å². The SMILES string of the molecule is O=C1c2cc([N+](=O)[O-])ccc2N(Cc2ccccc2)[C@@H](c2ccc3c(c2)OCO3)N1Cc1ccccc1. The maximum absolute atomic E-state index is 14.0. The third-order valence-corrected chi connectivity index (χ3v) is 6.67. The Morgan fingerprint density at radius 2 is 1.43 bits per heavy atom. The van der Waals surface area contributed by atoms with Gasteiger partial charge < -0.3 is 19.3 Å². The highest BCUT2D eigenvalue weighted by atomic mass is 16.7. The van der Waals surface area contributed by atoms with Crippen molar-refractivity contribution in [3.05, 3.63) is 129 Å². The molecule has 2 aliphatic rings. The van der Waals surface area contributed by atoms with Gasteiger partial charge in [0.1, 0.15) is 6.17 Å². The standard InChI is InChI=1S/C29H23N3O5/c33-29-24-16-23(32(34)35)12-13-25(24)30(17-20-7-3-1-4-8-20)28(31(29)18-21-9-5-2-6-10-21)22-11-14-26-27(15-22)37-19-36-26/h1-16,28H,17-19H2/t28-/m1/s1. The Hall–Kier alpha value is -4.85. The van der Waals surface area contributed by atoms with Gasteiger partial charge in [-0.2, -0.15) is 0 Å². The van der Waals surface area contributed by atoms with Crippen molar-refractivity contribution in [2.24, 2.45) is 0 Å². The molecule has 4 aromatic carbocycles. The predicted molar refractivity (Wildman–Crippen MR) is 137 cm³/mol. The molecule has 0 unspecified atom stereocenters. The summed E-state index contributed by atoms with van der Waals surface area (Å²) in [4.78, 5) is 29.0. The lowest BCUT2D eigenvalue weighted by Gasteiger charge is -2.46. The van der Waals surface area contributed by atoms with Crippen molar-refractivity contribution in [1.82, 2.24) is 4.90 Å². The Morgan fingerprint density at radius 3 is 2.11 bits per heavy atom. The van der Waals surface area contributed by atoms with Gasteiger partial charge in [-0.05, 0) is 34.9 Å². The average Bonchev–Trinajstić information content (AvgIpc) is 3.40. The number of carbonyl (C=O) groups is 1. The summed E-state index contributed by atoms with van der Waals surface area (Å²) in [6, 6.07) is 29.9. The second-order valence-electron chi connectivity index (χ2n) is 8.98. The topological polar surface area (TPSA) is 85.1 Å². The van der Waals surface area contributed by atoms with Crippen molar-refractivity contribution in [2.75, 3.05) is 11.7 Å². The molecule has 0 aromatic heterocycles. The van der Waals surface area contributed by atoms with Crippen LogP contribution in [-0.2, 0) is 13.1 Å². The van der Waals surface area contributed by atoms with E-state index in [-0.39, 0.29) is 18.4 Å². The third kappa shape index (κ3) is 4.23. The number of hydrogen-bond acceptors (Lipinski definition) is 6. The Balaban J connectivity index is 1.53. The molecule has 0 saturated heterocycles. The van der Waals surface area contributed by atoms with Crippen LogP contribution in [0.5, 0.6) is 11.5 Å².